The summed E-state index contributed by atoms with van der Waals surface area (Å²) < 4.78 is 0. The van der Waals surface area contributed by atoms with Gasteiger partial charge in [-0.2, -0.15) is 0 Å². The van der Waals surface area contributed by atoms with Crippen molar-refractivity contribution in [3.63, 3.8) is 0 Å². The summed E-state index contributed by atoms with van der Waals surface area (Å²) in [5.74, 6) is 0. The van der Waals surface area contributed by atoms with Gasteiger partial charge in [0.05, 0.1) is 0 Å². The van der Waals surface area contributed by atoms with Crippen molar-refractivity contribution in [1.82, 2.24) is 5.32 Å². The molecule has 15 heavy (non-hydrogen) atoms. The molecule has 1 heterocycles. The van der Waals surface area contributed by atoms with Crippen molar-refractivity contribution in [2.75, 3.05) is 6.54 Å². The minimum atomic E-state index is 0.582. The summed E-state index contributed by atoms with van der Waals surface area (Å²) in [4.78, 5) is 0. The monoisotopic (exact) mass is 201 g/mol. The highest BCUT2D eigenvalue weighted by molar-refractivity contribution is 5.64. The van der Waals surface area contributed by atoms with Crippen LogP contribution in [0.3, 0.4) is 0 Å². The highest BCUT2D eigenvalue weighted by Crippen LogP contribution is 2.16. The number of benzene rings is 1. The first kappa shape index (κ1) is 10.4. The molecule has 0 bridgehead atoms. The predicted octanol–water partition coefficient (Wildman–Crippen LogP) is 3.23. The summed E-state index contributed by atoms with van der Waals surface area (Å²) in [6.45, 7) is 3.37. The Kier molecular flexibility index (Phi) is 3.57. The summed E-state index contributed by atoms with van der Waals surface area (Å²) >= 11 is 0. The molecule has 80 valence electrons. The zero-order valence-corrected chi connectivity index (χ0v) is 9.37. The second kappa shape index (κ2) is 5.13. The first-order valence-electron chi connectivity index (χ1n) is 5.83. The molecule has 0 radical (unpaired) electrons. The Morgan fingerprint density at radius 1 is 1.27 bits per heavy atom. The van der Waals surface area contributed by atoms with Crippen LogP contribution in [0, 0.1) is 0 Å². The molecule has 1 aromatic carbocycles. The van der Waals surface area contributed by atoms with Gasteiger partial charge in [-0.05, 0) is 37.4 Å². The fraction of sp³-hybridized carbons (Fsp3) is 0.429. The van der Waals surface area contributed by atoms with Gasteiger partial charge in [-0.3, -0.25) is 0 Å². The number of allylic oxidation sites excluding steroid dienone is 1. The maximum absolute atomic E-state index is 3.54. The fourth-order valence-corrected chi connectivity index (χ4v) is 2.12. The van der Waals surface area contributed by atoms with Crippen LogP contribution < -0.4 is 5.32 Å². The lowest BCUT2D eigenvalue weighted by atomic mass is 9.99. The third kappa shape index (κ3) is 2.93. The molecule has 1 N–H and O–H groups in total. The molecular weight excluding hydrogens is 182 g/mol. The van der Waals surface area contributed by atoms with E-state index in [1.54, 1.807) is 0 Å². The maximum Gasteiger partial charge on any atom is 0.0255 e. The highest BCUT2D eigenvalue weighted by Gasteiger charge is 2.09. The van der Waals surface area contributed by atoms with Gasteiger partial charge in [-0.25, -0.2) is 0 Å². The third-order valence-electron chi connectivity index (χ3n) is 3.03. The Hall–Kier alpha value is -1.08. The van der Waals surface area contributed by atoms with Gasteiger partial charge in [-0.15, -0.1) is 0 Å². The molecule has 0 aliphatic carbocycles. The van der Waals surface area contributed by atoms with Gasteiger partial charge in [0.25, 0.3) is 0 Å². The van der Waals surface area contributed by atoms with E-state index in [2.05, 4.69) is 48.6 Å². The zero-order valence-electron chi connectivity index (χ0n) is 9.37. The molecule has 0 aromatic heterocycles. The van der Waals surface area contributed by atoms with Crippen LogP contribution in [0.1, 0.15) is 31.7 Å². The van der Waals surface area contributed by atoms with Gasteiger partial charge >= 0.3 is 0 Å². The molecule has 1 heteroatoms. The van der Waals surface area contributed by atoms with Gasteiger partial charge < -0.3 is 5.32 Å². The predicted molar refractivity (Wildman–Crippen MR) is 65.7 cm³/mol. The topological polar surface area (TPSA) is 12.0 Å². The molecule has 0 spiro atoms. The summed E-state index contributed by atoms with van der Waals surface area (Å²) in [7, 11) is 0. The minimum Gasteiger partial charge on any atom is -0.310 e. The molecule has 1 unspecified atom stereocenters. The van der Waals surface area contributed by atoms with Crippen molar-refractivity contribution in [3.05, 3.63) is 42.0 Å². The van der Waals surface area contributed by atoms with E-state index >= 15 is 0 Å². The molecule has 1 saturated heterocycles. The molecule has 2 rings (SSSR count). The second-order valence-corrected chi connectivity index (χ2v) is 4.27. The molecule has 1 nitrogen and oxygen atoms in total. The van der Waals surface area contributed by atoms with Crippen molar-refractivity contribution in [3.8, 4) is 0 Å². The Morgan fingerprint density at radius 2 is 2.07 bits per heavy atom. The van der Waals surface area contributed by atoms with E-state index in [4.69, 9.17) is 0 Å². The summed E-state index contributed by atoms with van der Waals surface area (Å²) in [5.41, 5.74) is 2.72. The van der Waals surface area contributed by atoms with E-state index < -0.39 is 0 Å². The highest BCUT2D eigenvalue weighted by atomic mass is 14.9. The summed E-state index contributed by atoms with van der Waals surface area (Å²) in [6, 6.07) is 11.2. The van der Waals surface area contributed by atoms with Crippen LogP contribution in [0.2, 0.25) is 0 Å². The first-order valence-corrected chi connectivity index (χ1v) is 5.83. The maximum atomic E-state index is 3.54. The minimum absolute atomic E-state index is 0.582. The van der Waals surface area contributed by atoms with Gasteiger partial charge in [-0.1, -0.05) is 42.8 Å². The lowest BCUT2D eigenvalue weighted by Gasteiger charge is -2.21. The molecule has 0 saturated carbocycles. The van der Waals surface area contributed by atoms with E-state index in [-0.39, 0.29) is 0 Å². The van der Waals surface area contributed by atoms with Crippen LogP contribution in [0.4, 0.5) is 0 Å². The van der Waals surface area contributed by atoms with E-state index in [1.165, 1.54) is 36.9 Å². The Bertz CT molecular complexity index is 320. The molecular formula is C14H19N. The number of rotatable bonds is 2. The Labute approximate surface area is 92.2 Å². The Balaban J connectivity index is 2.06. The van der Waals surface area contributed by atoms with Gasteiger partial charge in [0.1, 0.15) is 0 Å². The molecule has 1 aliphatic rings. The lowest BCUT2D eigenvalue weighted by Crippen LogP contribution is -2.32. The van der Waals surface area contributed by atoms with E-state index in [0.717, 1.165) is 0 Å². The molecule has 1 aromatic rings. The van der Waals surface area contributed by atoms with E-state index in [9.17, 15) is 0 Å². The first-order chi connectivity index (χ1) is 7.36. The molecule has 1 atom stereocenters. The number of nitrogens with one attached hydrogen (secondary N) is 1. The second-order valence-electron chi connectivity index (χ2n) is 4.27. The Morgan fingerprint density at radius 3 is 2.73 bits per heavy atom. The average Bonchev–Trinajstić information content (AvgIpc) is 2.31. The van der Waals surface area contributed by atoms with Crippen molar-refractivity contribution < 1.29 is 0 Å². The van der Waals surface area contributed by atoms with Crippen LogP contribution in [0.25, 0.3) is 5.57 Å². The van der Waals surface area contributed by atoms with E-state index in [0.29, 0.717) is 6.04 Å². The number of hydrogen-bond acceptors (Lipinski definition) is 1. The normalized spacial score (nSPS) is 22.7. The fourth-order valence-electron chi connectivity index (χ4n) is 2.12. The lowest BCUT2D eigenvalue weighted by molar-refractivity contribution is 0.455. The zero-order chi connectivity index (χ0) is 10.5. The van der Waals surface area contributed by atoms with Crippen molar-refractivity contribution in [2.45, 2.75) is 32.2 Å². The smallest absolute Gasteiger partial charge is 0.0255 e. The quantitative estimate of drug-likeness (QED) is 0.774. The van der Waals surface area contributed by atoms with Crippen molar-refractivity contribution in [1.29, 1.82) is 0 Å². The van der Waals surface area contributed by atoms with Crippen molar-refractivity contribution >= 4 is 5.57 Å². The van der Waals surface area contributed by atoms with Gasteiger partial charge in [0.2, 0.25) is 0 Å². The standard InChI is InChI=1S/C14H19N/c1-12(13-7-3-2-4-8-13)11-14-9-5-6-10-15-14/h2-4,7-8,11,14-15H,5-6,9-10H2,1H3/b12-11+. The van der Waals surface area contributed by atoms with Crippen LogP contribution in [0.5, 0.6) is 0 Å². The average molecular weight is 201 g/mol. The van der Waals surface area contributed by atoms with Crippen LogP contribution in [-0.2, 0) is 0 Å². The summed E-state index contributed by atoms with van der Waals surface area (Å²) in [5, 5.41) is 3.54. The largest absolute Gasteiger partial charge is 0.310 e. The number of hydrogen-bond donors (Lipinski definition) is 1. The molecule has 0 amide bonds. The molecule has 1 aliphatic heterocycles. The SMILES string of the molecule is C/C(=C\C1CCCCN1)c1ccccc1. The third-order valence-corrected chi connectivity index (χ3v) is 3.03. The van der Waals surface area contributed by atoms with Gasteiger partial charge in [0, 0.05) is 6.04 Å². The molecule has 1 fully saturated rings. The number of piperidine rings is 1. The van der Waals surface area contributed by atoms with Crippen LogP contribution in [-0.4, -0.2) is 12.6 Å². The van der Waals surface area contributed by atoms with Crippen LogP contribution in [0.15, 0.2) is 36.4 Å². The van der Waals surface area contributed by atoms with Crippen LogP contribution >= 0.6 is 0 Å². The van der Waals surface area contributed by atoms with E-state index in [1.807, 2.05) is 0 Å². The summed E-state index contributed by atoms with van der Waals surface area (Å²) in [6.07, 6.45) is 6.34. The van der Waals surface area contributed by atoms with Crippen molar-refractivity contribution in [2.24, 2.45) is 0 Å². The van der Waals surface area contributed by atoms with Gasteiger partial charge in [0.15, 0.2) is 0 Å².